The van der Waals surface area contributed by atoms with Gasteiger partial charge in [-0.3, -0.25) is 10.1 Å². The second kappa shape index (κ2) is 4.30. The number of fused-ring (bicyclic) bond motifs is 1. The van der Waals surface area contributed by atoms with Gasteiger partial charge in [-0.15, -0.1) is 0 Å². The molecule has 20 heavy (non-hydrogen) atoms. The van der Waals surface area contributed by atoms with Crippen molar-refractivity contribution in [1.82, 2.24) is 5.16 Å². The second-order valence-electron chi connectivity index (χ2n) is 6.42. The highest BCUT2D eigenvalue weighted by Crippen LogP contribution is 2.57. The number of ether oxygens (including phenoxy) is 1. The largest absolute Gasteiger partial charge is 0.377 e. The second-order valence-corrected chi connectivity index (χ2v) is 6.42. The number of hydrogen-bond acceptors (Lipinski definition) is 5. The van der Waals surface area contributed by atoms with Gasteiger partial charge in [0.15, 0.2) is 0 Å². The zero-order valence-electron chi connectivity index (χ0n) is 12.1. The molecule has 1 aromatic heterocycles. The Bertz CT molecular complexity index is 540. The Morgan fingerprint density at radius 1 is 1.55 bits per heavy atom. The number of rotatable bonds is 2. The molecule has 0 spiro atoms. The predicted octanol–water partition coefficient (Wildman–Crippen LogP) is 1.45. The molecule has 3 unspecified atom stereocenters. The molecule has 1 aromatic rings. The van der Waals surface area contributed by atoms with Gasteiger partial charge in [0.2, 0.25) is 11.8 Å². The topological polar surface area (TPSA) is 90.4 Å². The van der Waals surface area contributed by atoms with Crippen molar-refractivity contribution in [2.75, 3.05) is 11.9 Å². The maximum absolute atomic E-state index is 12.6. The Labute approximate surface area is 118 Å². The molecule has 110 valence electrons. The van der Waals surface area contributed by atoms with Crippen LogP contribution in [0.15, 0.2) is 10.6 Å². The summed E-state index contributed by atoms with van der Waals surface area (Å²) in [5.41, 5.74) is 5.88. The molecular formula is C14H21N3O3. The van der Waals surface area contributed by atoms with Gasteiger partial charge in [-0.2, -0.15) is 0 Å². The monoisotopic (exact) mass is 279 g/mol. The van der Waals surface area contributed by atoms with E-state index in [2.05, 4.69) is 10.5 Å². The van der Waals surface area contributed by atoms with Gasteiger partial charge < -0.3 is 15.0 Å². The first-order chi connectivity index (χ1) is 9.37. The fourth-order valence-corrected chi connectivity index (χ4v) is 3.67. The van der Waals surface area contributed by atoms with E-state index in [4.69, 9.17) is 15.0 Å². The van der Waals surface area contributed by atoms with E-state index in [0.29, 0.717) is 5.88 Å². The van der Waals surface area contributed by atoms with E-state index in [9.17, 15) is 4.79 Å². The summed E-state index contributed by atoms with van der Waals surface area (Å²) in [6.45, 7) is 6.54. The zero-order valence-corrected chi connectivity index (χ0v) is 12.1. The lowest BCUT2D eigenvalue weighted by molar-refractivity contribution is -0.222. The van der Waals surface area contributed by atoms with Gasteiger partial charge in [0.05, 0.1) is 11.8 Å². The van der Waals surface area contributed by atoms with Crippen LogP contribution in [-0.4, -0.2) is 29.3 Å². The van der Waals surface area contributed by atoms with E-state index in [1.54, 1.807) is 13.0 Å². The van der Waals surface area contributed by atoms with E-state index in [0.717, 1.165) is 25.1 Å². The average Bonchev–Trinajstić information content (AvgIpc) is 2.83. The molecule has 1 amide bonds. The van der Waals surface area contributed by atoms with Crippen molar-refractivity contribution in [3.63, 3.8) is 0 Å². The van der Waals surface area contributed by atoms with Gasteiger partial charge in [-0.05, 0) is 19.8 Å². The minimum Gasteiger partial charge on any atom is -0.377 e. The predicted molar refractivity (Wildman–Crippen MR) is 73.0 cm³/mol. The van der Waals surface area contributed by atoms with E-state index in [1.165, 1.54) is 0 Å². The first-order valence-electron chi connectivity index (χ1n) is 7.02. The van der Waals surface area contributed by atoms with E-state index in [1.807, 2.05) is 13.8 Å². The molecule has 1 aliphatic heterocycles. The molecule has 0 aromatic carbocycles. The third-order valence-electron chi connectivity index (χ3n) is 4.93. The number of nitrogens with two attached hydrogens (primary N) is 1. The van der Waals surface area contributed by atoms with Crippen LogP contribution in [0.4, 0.5) is 5.88 Å². The van der Waals surface area contributed by atoms with Crippen molar-refractivity contribution in [3.8, 4) is 0 Å². The Hall–Kier alpha value is -1.40. The average molecular weight is 279 g/mol. The molecule has 0 bridgehead atoms. The Balaban J connectivity index is 1.82. The number of nitrogens with one attached hydrogen (secondary N) is 1. The summed E-state index contributed by atoms with van der Waals surface area (Å²) in [6.07, 6.45) is 1.93. The lowest BCUT2D eigenvalue weighted by atomic mass is 9.46. The number of nitrogens with zero attached hydrogens (tertiary/aromatic N) is 1. The fraction of sp³-hybridized carbons (Fsp3) is 0.714. The lowest BCUT2D eigenvalue weighted by Gasteiger charge is -2.64. The first-order valence-corrected chi connectivity index (χ1v) is 7.02. The molecule has 1 saturated heterocycles. The smallest absolute Gasteiger partial charge is 0.247 e. The van der Waals surface area contributed by atoms with Crippen LogP contribution in [0.25, 0.3) is 0 Å². The van der Waals surface area contributed by atoms with Crippen molar-refractivity contribution in [1.29, 1.82) is 0 Å². The van der Waals surface area contributed by atoms with E-state index in [-0.39, 0.29) is 17.9 Å². The van der Waals surface area contributed by atoms with Crippen molar-refractivity contribution in [3.05, 3.63) is 11.8 Å². The third kappa shape index (κ3) is 1.64. The SMILES string of the molecule is Cc1cc(NC(=O)C2(N)C3CCCOC3C2(C)C)on1. The highest BCUT2D eigenvalue weighted by molar-refractivity contribution is 5.99. The first kappa shape index (κ1) is 13.6. The fourth-order valence-electron chi connectivity index (χ4n) is 3.67. The van der Waals surface area contributed by atoms with Gasteiger partial charge in [-0.25, -0.2) is 0 Å². The maximum Gasteiger partial charge on any atom is 0.247 e. The summed E-state index contributed by atoms with van der Waals surface area (Å²) in [7, 11) is 0. The van der Waals surface area contributed by atoms with Crippen LogP contribution in [-0.2, 0) is 9.53 Å². The molecule has 3 rings (SSSR count). The van der Waals surface area contributed by atoms with Crippen LogP contribution >= 0.6 is 0 Å². The third-order valence-corrected chi connectivity index (χ3v) is 4.93. The van der Waals surface area contributed by atoms with E-state index >= 15 is 0 Å². The summed E-state index contributed by atoms with van der Waals surface area (Å²) < 4.78 is 10.8. The summed E-state index contributed by atoms with van der Waals surface area (Å²) >= 11 is 0. The Morgan fingerprint density at radius 3 is 2.95 bits per heavy atom. The van der Waals surface area contributed by atoms with Crippen molar-refractivity contribution >= 4 is 11.8 Å². The van der Waals surface area contributed by atoms with Crippen LogP contribution in [0, 0.1) is 18.3 Å². The van der Waals surface area contributed by atoms with Gasteiger partial charge in [0.25, 0.3) is 0 Å². The van der Waals surface area contributed by atoms with Gasteiger partial charge in [0, 0.05) is 24.0 Å². The van der Waals surface area contributed by atoms with Gasteiger partial charge >= 0.3 is 0 Å². The number of carbonyl (C=O) groups is 1. The van der Waals surface area contributed by atoms with Crippen LogP contribution in [0.5, 0.6) is 0 Å². The number of amides is 1. The number of carbonyl (C=O) groups excluding carboxylic acids is 1. The standard InChI is InChI=1S/C14H21N3O3/c1-8-7-10(20-17-8)16-12(18)14(15)9-5-4-6-19-11(9)13(14,2)3/h7,9,11H,4-6,15H2,1-3H3,(H,16,18). The van der Waals surface area contributed by atoms with Gasteiger partial charge in [-0.1, -0.05) is 19.0 Å². The van der Waals surface area contributed by atoms with Crippen molar-refractivity contribution in [2.45, 2.75) is 45.3 Å². The highest BCUT2D eigenvalue weighted by Gasteiger charge is 2.70. The summed E-state index contributed by atoms with van der Waals surface area (Å²) in [6, 6.07) is 1.68. The normalized spacial score (nSPS) is 35.0. The molecule has 6 nitrogen and oxygen atoms in total. The van der Waals surface area contributed by atoms with Crippen LogP contribution < -0.4 is 11.1 Å². The van der Waals surface area contributed by atoms with Crippen LogP contribution in [0.3, 0.4) is 0 Å². The highest BCUT2D eigenvalue weighted by atomic mass is 16.5. The molecule has 6 heteroatoms. The maximum atomic E-state index is 12.6. The molecule has 1 aliphatic carbocycles. The lowest BCUT2D eigenvalue weighted by Crippen LogP contribution is -2.81. The molecule has 3 atom stereocenters. The van der Waals surface area contributed by atoms with Crippen LogP contribution in [0.2, 0.25) is 0 Å². The van der Waals surface area contributed by atoms with E-state index < -0.39 is 11.0 Å². The summed E-state index contributed by atoms with van der Waals surface area (Å²) in [5.74, 6) is 0.189. The molecular weight excluding hydrogens is 258 g/mol. The summed E-state index contributed by atoms with van der Waals surface area (Å²) in [4.78, 5) is 12.6. The minimum atomic E-state index is -0.932. The quantitative estimate of drug-likeness (QED) is 0.855. The molecule has 2 aliphatic rings. The molecule has 0 radical (unpaired) electrons. The molecule has 1 saturated carbocycles. The zero-order chi connectivity index (χ0) is 14.5. The molecule has 2 heterocycles. The van der Waals surface area contributed by atoms with Crippen LogP contribution in [0.1, 0.15) is 32.4 Å². The number of hydrogen-bond donors (Lipinski definition) is 2. The Morgan fingerprint density at radius 2 is 2.30 bits per heavy atom. The number of aryl methyl sites for hydroxylation is 1. The molecule has 3 N–H and O–H groups in total. The number of aromatic nitrogens is 1. The van der Waals surface area contributed by atoms with Crippen molar-refractivity contribution in [2.24, 2.45) is 17.1 Å². The number of anilines is 1. The minimum absolute atomic E-state index is 0.0588. The van der Waals surface area contributed by atoms with Gasteiger partial charge in [0.1, 0.15) is 5.54 Å². The molecule has 2 fully saturated rings. The Kier molecular flexibility index (Phi) is 2.92. The van der Waals surface area contributed by atoms with Crippen molar-refractivity contribution < 1.29 is 14.1 Å². The summed E-state index contributed by atoms with van der Waals surface area (Å²) in [5, 5.41) is 6.50.